The average molecular weight is 391 g/mol. The third-order valence-electron chi connectivity index (χ3n) is 5.24. The first-order valence-corrected chi connectivity index (χ1v) is 11.9. The number of halogens is 1. The molecule has 6 nitrogen and oxygen atoms in total. The number of hydrogen-bond acceptors (Lipinski definition) is 6. The molecule has 0 radical (unpaired) electrons. The summed E-state index contributed by atoms with van der Waals surface area (Å²) >= 11 is 6.26. The summed E-state index contributed by atoms with van der Waals surface area (Å²) in [6.07, 6.45) is 0. The Hall–Kier alpha value is -0.670. The van der Waals surface area contributed by atoms with Gasteiger partial charge in [-0.05, 0) is 11.6 Å². The Morgan fingerprint density at radius 1 is 0.958 bits per heavy atom. The molecule has 3 aliphatic heterocycles. The van der Waals surface area contributed by atoms with Crippen LogP contribution in [-0.2, 0) is 26.2 Å². The normalized spacial score (nSPS) is 37.0. The van der Waals surface area contributed by atoms with Gasteiger partial charge in [0.25, 0.3) is 0 Å². The number of nitrogens with zero attached hydrogens (tertiary/aromatic N) is 1. The minimum atomic E-state index is -3.11. The zero-order valence-corrected chi connectivity index (χ0v) is 15.3. The zero-order chi connectivity index (χ0) is 17.1. The molecule has 0 unspecified atom stereocenters. The molecule has 0 aromatic heterocycles. The fraction of sp³-hybridized carbons (Fsp3) is 0.600. The molecule has 0 saturated carbocycles. The lowest BCUT2D eigenvalue weighted by atomic mass is 9.96. The summed E-state index contributed by atoms with van der Waals surface area (Å²) in [4.78, 5) is 2.06. The first-order chi connectivity index (χ1) is 11.2. The summed E-state index contributed by atoms with van der Waals surface area (Å²) in [6.45, 7) is 0.467. The lowest BCUT2D eigenvalue weighted by Crippen LogP contribution is -2.66. The zero-order valence-electron chi connectivity index (χ0n) is 12.9. The summed E-state index contributed by atoms with van der Waals surface area (Å²) in [6, 6.07) is 6.58. The maximum Gasteiger partial charge on any atom is 0.153 e. The molecule has 132 valence electrons. The van der Waals surface area contributed by atoms with Gasteiger partial charge in [0.1, 0.15) is 0 Å². The van der Waals surface area contributed by atoms with E-state index in [1.165, 1.54) is 0 Å². The van der Waals surface area contributed by atoms with Gasteiger partial charge in [0.2, 0.25) is 0 Å². The largest absolute Gasteiger partial charge is 0.306 e. The Morgan fingerprint density at radius 2 is 1.50 bits per heavy atom. The van der Waals surface area contributed by atoms with Gasteiger partial charge in [0.05, 0.1) is 23.0 Å². The minimum absolute atomic E-state index is 0.0678. The molecule has 0 amide bonds. The van der Waals surface area contributed by atoms with E-state index >= 15 is 0 Å². The van der Waals surface area contributed by atoms with E-state index in [4.69, 9.17) is 11.6 Å². The molecule has 3 aliphatic rings. The third-order valence-corrected chi connectivity index (χ3v) is 9.04. The Labute approximate surface area is 147 Å². The molecule has 1 N–H and O–H groups in total. The molecule has 1 aromatic rings. The fourth-order valence-electron chi connectivity index (χ4n) is 4.21. The monoisotopic (exact) mass is 390 g/mol. The molecule has 0 spiro atoms. The van der Waals surface area contributed by atoms with Crippen molar-refractivity contribution in [3.8, 4) is 0 Å². The van der Waals surface area contributed by atoms with E-state index in [9.17, 15) is 16.8 Å². The smallest absolute Gasteiger partial charge is 0.153 e. The molecule has 4 atom stereocenters. The Bertz CT molecular complexity index is 823. The van der Waals surface area contributed by atoms with Gasteiger partial charge in [-0.1, -0.05) is 29.8 Å². The summed E-state index contributed by atoms with van der Waals surface area (Å²) < 4.78 is 48.4. The van der Waals surface area contributed by atoms with E-state index in [0.29, 0.717) is 11.6 Å². The maximum absolute atomic E-state index is 12.1. The van der Waals surface area contributed by atoms with E-state index in [1.807, 2.05) is 18.2 Å². The van der Waals surface area contributed by atoms with Crippen LogP contribution >= 0.6 is 11.6 Å². The van der Waals surface area contributed by atoms with Crippen molar-refractivity contribution in [1.82, 2.24) is 10.2 Å². The second-order valence-corrected chi connectivity index (χ2v) is 11.6. The van der Waals surface area contributed by atoms with E-state index in [0.717, 1.165) is 5.56 Å². The van der Waals surface area contributed by atoms with Crippen molar-refractivity contribution in [3.05, 3.63) is 34.9 Å². The van der Waals surface area contributed by atoms with Crippen molar-refractivity contribution >= 4 is 31.3 Å². The molecule has 3 heterocycles. The number of rotatable bonds is 2. The highest BCUT2D eigenvalue weighted by Gasteiger charge is 2.53. The highest BCUT2D eigenvalue weighted by molar-refractivity contribution is 7.92. The van der Waals surface area contributed by atoms with E-state index < -0.39 is 19.7 Å². The van der Waals surface area contributed by atoms with Crippen LogP contribution in [0.5, 0.6) is 0 Å². The van der Waals surface area contributed by atoms with Crippen molar-refractivity contribution < 1.29 is 16.8 Å². The highest BCUT2D eigenvalue weighted by Crippen LogP contribution is 2.33. The summed E-state index contributed by atoms with van der Waals surface area (Å²) in [5, 5.41) is 3.90. The lowest BCUT2D eigenvalue weighted by molar-refractivity contribution is 0.0678. The predicted octanol–water partition coefficient (Wildman–Crippen LogP) is 0.0764. The van der Waals surface area contributed by atoms with Crippen LogP contribution in [-0.4, -0.2) is 68.9 Å². The van der Waals surface area contributed by atoms with Crippen LogP contribution in [0, 0.1) is 0 Å². The molecule has 0 bridgehead atoms. The standard InChI is InChI=1S/C15H19ClN2O4S2/c16-11-4-2-1-3-10(11)5-18-14-8-23(19,20)6-12(14)17-13-7-24(21,22)9-15(13)18/h1-4,12-15,17H,5-9H2/t12-,13+,14+,15-. The van der Waals surface area contributed by atoms with Gasteiger partial charge in [0, 0.05) is 35.7 Å². The van der Waals surface area contributed by atoms with Crippen LogP contribution in [0.2, 0.25) is 5.02 Å². The first-order valence-electron chi connectivity index (χ1n) is 7.90. The summed E-state index contributed by atoms with van der Waals surface area (Å²) in [5.74, 6) is 0.274. The van der Waals surface area contributed by atoms with Gasteiger partial charge in [-0.25, -0.2) is 16.8 Å². The van der Waals surface area contributed by atoms with Gasteiger partial charge in [0.15, 0.2) is 19.7 Å². The Balaban J connectivity index is 1.70. The first kappa shape index (κ1) is 16.8. The van der Waals surface area contributed by atoms with Crippen LogP contribution in [0.15, 0.2) is 24.3 Å². The minimum Gasteiger partial charge on any atom is -0.306 e. The van der Waals surface area contributed by atoms with Crippen molar-refractivity contribution in [2.45, 2.75) is 30.7 Å². The fourth-order valence-corrected chi connectivity index (χ4v) is 8.30. The van der Waals surface area contributed by atoms with Crippen LogP contribution in [0.3, 0.4) is 0 Å². The van der Waals surface area contributed by atoms with Crippen molar-refractivity contribution in [1.29, 1.82) is 0 Å². The highest BCUT2D eigenvalue weighted by atomic mass is 35.5. The SMILES string of the molecule is O=S1(=O)C[C@@H]2N[C@@H]3CS(=O)(=O)C[C@@H]3N(Cc3ccccc3Cl)[C@@H]2C1. The Kier molecular flexibility index (Phi) is 3.96. The van der Waals surface area contributed by atoms with E-state index in [2.05, 4.69) is 10.2 Å². The Morgan fingerprint density at radius 3 is 2.04 bits per heavy atom. The molecule has 24 heavy (non-hydrogen) atoms. The van der Waals surface area contributed by atoms with Gasteiger partial charge >= 0.3 is 0 Å². The predicted molar refractivity (Wildman–Crippen MR) is 92.6 cm³/mol. The van der Waals surface area contributed by atoms with E-state index in [1.54, 1.807) is 6.07 Å². The number of sulfone groups is 2. The number of hydrogen-bond donors (Lipinski definition) is 1. The van der Waals surface area contributed by atoms with Crippen molar-refractivity contribution in [2.24, 2.45) is 0 Å². The maximum atomic E-state index is 12.1. The van der Waals surface area contributed by atoms with Gasteiger partial charge in [-0.3, -0.25) is 4.90 Å². The van der Waals surface area contributed by atoms with Crippen LogP contribution in [0.25, 0.3) is 0 Å². The van der Waals surface area contributed by atoms with Crippen LogP contribution in [0.4, 0.5) is 0 Å². The van der Waals surface area contributed by atoms with Crippen molar-refractivity contribution in [2.75, 3.05) is 23.0 Å². The molecule has 3 fully saturated rings. The number of benzene rings is 1. The molecular formula is C15H19ClN2O4S2. The van der Waals surface area contributed by atoms with Gasteiger partial charge in [-0.2, -0.15) is 0 Å². The second-order valence-electron chi connectivity index (χ2n) is 6.93. The topological polar surface area (TPSA) is 83.5 Å². The molecule has 0 aliphatic carbocycles. The molecule has 1 aromatic carbocycles. The average Bonchev–Trinajstić information content (AvgIpc) is 2.94. The number of nitrogens with one attached hydrogen (secondary N) is 1. The third kappa shape index (κ3) is 2.99. The molecule has 9 heteroatoms. The lowest BCUT2D eigenvalue weighted by Gasteiger charge is -2.45. The van der Waals surface area contributed by atoms with Gasteiger partial charge in [-0.15, -0.1) is 0 Å². The van der Waals surface area contributed by atoms with E-state index in [-0.39, 0.29) is 47.2 Å². The molecule has 4 rings (SSSR count). The van der Waals surface area contributed by atoms with Crippen LogP contribution in [0.1, 0.15) is 5.56 Å². The second kappa shape index (κ2) is 5.67. The molecular weight excluding hydrogens is 372 g/mol. The van der Waals surface area contributed by atoms with Gasteiger partial charge < -0.3 is 5.32 Å². The quantitative estimate of drug-likeness (QED) is 0.769. The number of fused-ring (bicyclic) bond motifs is 2. The number of piperazine rings is 1. The van der Waals surface area contributed by atoms with Crippen LogP contribution < -0.4 is 5.32 Å². The summed E-state index contributed by atoms with van der Waals surface area (Å²) in [5.41, 5.74) is 0.896. The van der Waals surface area contributed by atoms with Crippen molar-refractivity contribution in [3.63, 3.8) is 0 Å². The summed E-state index contributed by atoms with van der Waals surface area (Å²) in [7, 11) is -6.22. The molecule has 3 saturated heterocycles.